The second kappa shape index (κ2) is 8.53. The number of phenols is 1. The Morgan fingerprint density at radius 3 is 2.68 bits per heavy atom. The number of methoxy groups -OCH3 is 1. The Morgan fingerprint density at radius 2 is 2.05 bits per heavy atom. The Balaban J connectivity index is 2.48. The lowest BCUT2D eigenvalue weighted by Gasteiger charge is -2.22. The lowest BCUT2D eigenvalue weighted by atomic mass is 10.1. The van der Waals surface area contributed by atoms with Crippen LogP contribution in [0, 0.1) is 0 Å². The zero-order valence-electron chi connectivity index (χ0n) is 11.8. The molecule has 0 amide bonds. The van der Waals surface area contributed by atoms with Gasteiger partial charge in [-0.1, -0.05) is 25.1 Å². The zero-order valence-corrected chi connectivity index (χ0v) is 11.8. The highest BCUT2D eigenvalue weighted by Crippen LogP contribution is 2.18. The van der Waals surface area contributed by atoms with Crippen molar-refractivity contribution in [3.63, 3.8) is 0 Å². The summed E-state index contributed by atoms with van der Waals surface area (Å²) in [6, 6.07) is 7.38. The maximum Gasteiger partial charge on any atom is 0.305 e. The Labute approximate surface area is 115 Å². The summed E-state index contributed by atoms with van der Waals surface area (Å²) >= 11 is 0. The summed E-state index contributed by atoms with van der Waals surface area (Å²) in [5, 5.41) is 9.78. The molecule has 0 saturated carbocycles. The molecule has 0 aliphatic rings. The number of hydrogen-bond acceptors (Lipinski definition) is 4. The van der Waals surface area contributed by atoms with Gasteiger partial charge < -0.3 is 9.84 Å². The van der Waals surface area contributed by atoms with E-state index in [1.165, 1.54) is 7.11 Å². The Hall–Kier alpha value is -1.55. The molecule has 0 bridgehead atoms. The molecule has 1 rings (SSSR count). The summed E-state index contributed by atoms with van der Waals surface area (Å²) in [7, 11) is 1.41. The van der Waals surface area contributed by atoms with Gasteiger partial charge in [-0.05, 0) is 32.0 Å². The van der Waals surface area contributed by atoms with Crippen molar-refractivity contribution < 1.29 is 14.6 Å². The monoisotopic (exact) mass is 265 g/mol. The molecule has 1 aromatic carbocycles. The predicted octanol–water partition coefficient (Wildman–Crippen LogP) is 2.56. The Bertz CT molecular complexity index is 393. The van der Waals surface area contributed by atoms with Crippen molar-refractivity contribution in [2.45, 2.75) is 32.7 Å². The van der Waals surface area contributed by atoms with E-state index >= 15 is 0 Å². The van der Waals surface area contributed by atoms with Gasteiger partial charge >= 0.3 is 5.97 Å². The number of carbonyl (C=O) groups is 1. The van der Waals surface area contributed by atoms with Crippen molar-refractivity contribution in [1.82, 2.24) is 4.90 Å². The van der Waals surface area contributed by atoms with E-state index in [9.17, 15) is 9.90 Å². The number of para-hydroxylation sites is 1. The van der Waals surface area contributed by atoms with E-state index in [-0.39, 0.29) is 5.97 Å². The average Bonchev–Trinajstić information content (AvgIpc) is 2.41. The number of esters is 1. The molecule has 106 valence electrons. The van der Waals surface area contributed by atoms with Crippen molar-refractivity contribution in [3.05, 3.63) is 29.8 Å². The van der Waals surface area contributed by atoms with Crippen molar-refractivity contribution >= 4 is 5.97 Å². The second-order valence-corrected chi connectivity index (χ2v) is 4.58. The molecule has 0 aliphatic carbocycles. The van der Waals surface area contributed by atoms with Crippen molar-refractivity contribution in [2.75, 3.05) is 20.2 Å². The van der Waals surface area contributed by atoms with Crippen LogP contribution in [-0.4, -0.2) is 36.2 Å². The molecule has 1 aromatic rings. The van der Waals surface area contributed by atoms with E-state index in [1.54, 1.807) is 6.07 Å². The molecular weight excluding hydrogens is 242 g/mol. The first kappa shape index (κ1) is 15.5. The Kier molecular flexibility index (Phi) is 6.97. The molecule has 19 heavy (non-hydrogen) atoms. The lowest BCUT2D eigenvalue weighted by Crippen LogP contribution is -2.25. The average molecular weight is 265 g/mol. The summed E-state index contributed by atoms with van der Waals surface area (Å²) < 4.78 is 4.63. The zero-order chi connectivity index (χ0) is 14.1. The Morgan fingerprint density at radius 1 is 1.32 bits per heavy atom. The van der Waals surface area contributed by atoms with Gasteiger partial charge in [0.2, 0.25) is 0 Å². The summed E-state index contributed by atoms with van der Waals surface area (Å²) in [6.45, 7) is 4.62. The van der Waals surface area contributed by atoms with E-state index in [0.29, 0.717) is 18.7 Å². The molecule has 0 heterocycles. The summed E-state index contributed by atoms with van der Waals surface area (Å²) in [6.07, 6.45) is 2.27. The van der Waals surface area contributed by atoms with Gasteiger partial charge in [0.25, 0.3) is 0 Å². The normalized spacial score (nSPS) is 10.7. The minimum atomic E-state index is -0.168. The number of rotatable bonds is 8. The van der Waals surface area contributed by atoms with Crippen LogP contribution in [-0.2, 0) is 16.1 Å². The first-order chi connectivity index (χ1) is 9.17. The van der Waals surface area contributed by atoms with Crippen LogP contribution in [0.2, 0.25) is 0 Å². The molecule has 4 heteroatoms. The number of benzene rings is 1. The van der Waals surface area contributed by atoms with Gasteiger partial charge in [0, 0.05) is 18.5 Å². The first-order valence-electron chi connectivity index (χ1n) is 6.73. The van der Waals surface area contributed by atoms with Crippen LogP contribution in [0.15, 0.2) is 24.3 Å². The molecule has 0 fully saturated rings. The third-order valence-electron chi connectivity index (χ3n) is 3.01. The van der Waals surface area contributed by atoms with Crippen LogP contribution < -0.4 is 0 Å². The fourth-order valence-corrected chi connectivity index (χ4v) is 2.02. The van der Waals surface area contributed by atoms with E-state index < -0.39 is 0 Å². The highest BCUT2D eigenvalue weighted by molar-refractivity contribution is 5.69. The number of carbonyl (C=O) groups excluding carboxylic acids is 1. The van der Waals surface area contributed by atoms with Crippen molar-refractivity contribution in [1.29, 1.82) is 0 Å². The third-order valence-corrected chi connectivity index (χ3v) is 3.01. The van der Waals surface area contributed by atoms with Gasteiger partial charge in [-0.15, -0.1) is 0 Å². The molecule has 0 atom stereocenters. The minimum absolute atomic E-state index is 0.168. The summed E-state index contributed by atoms with van der Waals surface area (Å²) in [5.74, 6) is 0.163. The molecule has 0 aromatic heterocycles. The third kappa shape index (κ3) is 5.75. The van der Waals surface area contributed by atoms with Crippen LogP contribution >= 0.6 is 0 Å². The van der Waals surface area contributed by atoms with Crippen LogP contribution in [0.3, 0.4) is 0 Å². The van der Waals surface area contributed by atoms with Crippen LogP contribution in [0.5, 0.6) is 5.75 Å². The first-order valence-corrected chi connectivity index (χ1v) is 6.73. The number of aromatic hydroxyl groups is 1. The fraction of sp³-hybridized carbons (Fsp3) is 0.533. The van der Waals surface area contributed by atoms with E-state index in [4.69, 9.17) is 0 Å². The molecule has 0 aliphatic heterocycles. The molecule has 1 N–H and O–H groups in total. The van der Waals surface area contributed by atoms with Gasteiger partial charge in [-0.25, -0.2) is 0 Å². The summed E-state index contributed by atoms with van der Waals surface area (Å²) in [4.78, 5) is 13.3. The number of hydrogen-bond donors (Lipinski definition) is 1. The van der Waals surface area contributed by atoms with Gasteiger partial charge in [0.15, 0.2) is 0 Å². The lowest BCUT2D eigenvalue weighted by molar-refractivity contribution is -0.140. The van der Waals surface area contributed by atoms with E-state index in [0.717, 1.165) is 31.5 Å². The molecule has 0 saturated heterocycles. The van der Waals surface area contributed by atoms with Crippen LogP contribution in [0.1, 0.15) is 31.7 Å². The summed E-state index contributed by atoms with van der Waals surface area (Å²) in [5.41, 5.74) is 0.925. The van der Waals surface area contributed by atoms with Crippen molar-refractivity contribution in [2.24, 2.45) is 0 Å². The number of phenolic OH excluding ortho intramolecular Hbond substituents is 1. The SMILES string of the molecule is CCCN(CCCC(=O)OC)Cc1ccccc1O. The van der Waals surface area contributed by atoms with Gasteiger partial charge in [0.05, 0.1) is 7.11 Å². The molecule has 0 radical (unpaired) electrons. The topological polar surface area (TPSA) is 49.8 Å². The van der Waals surface area contributed by atoms with Gasteiger partial charge in [0.1, 0.15) is 5.75 Å². The van der Waals surface area contributed by atoms with Gasteiger partial charge in [-0.3, -0.25) is 9.69 Å². The standard InChI is InChI=1S/C15H23NO3/c1-3-10-16(11-6-9-15(18)19-2)12-13-7-4-5-8-14(13)17/h4-5,7-8,17H,3,6,9-12H2,1-2H3. The smallest absolute Gasteiger partial charge is 0.305 e. The number of nitrogens with zero attached hydrogens (tertiary/aromatic N) is 1. The molecule has 0 unspecified atom stereocenters. The van der Waals surface area contributed by atoms with E-state index in [1.807, 2.05) is 18.2 Å². The quantitative estimate of drug-likeness (QED) is 0.734. The number of ether oxygens (including phenoxy) is 1. The highest BCUT2D eigenvalue weighted by Gasteiger charge is 2.09. The fourth-order valence-electron chi connectivity index (χ4n) is 2.02. The van der Waals surface area contributed by atoms with Crippen molar-refractivity contribution in [3.8, 4) is 5.75 Å². The minimum Gasteiger partial charge on any atom is -0.508 e. The highest BCUT2D eigenvalue weighted by atomic mass is 16.5. The molecule has 0 spiro atoms. The predicted molar refractivity (Wildman–Crippen MR) is 74.9 cm³/mol. The maximum atomic E-state index is 11.1. The largest absolute Gasteiger partial charge is 0.508 e. The molecular formula is C15H23NO3. The van der Waals surface area contributed by atoms with E-state index in [2.05, 4.69) is 16.6 Å². The molecule has 4 nitrogen and oxygen atoms in total. The van der Waals surface area contributed by atoms with Crippen LogP contribution in [0.4, 0.5) is 0 Å². The van der Waals surface area contributed by atoms with Gasteiger partial charge in [-0.2, -0.15) is 0 Å². The maximum absolute atomic E-state index is 11.1. The second-order valence-electron chi connectivity index (χ2n) is 4.58. The van der Waals surface area contributed by atoms with Crippen LogP contribution in [0.25, 0.3) is 0 Å².